The summed E-state index contributed by atoms with van der Waals surface area (Å²) in [5.41, 5.74) is 8.68. The van der Waals surface area contributed by atoms with Crippen molar-refractivity contribution in [2.45, 2.75) is 62.6 Å². The van der Waals surface area contributed by atoms with Gasteiger partial charge >= 0.3 is 0 Å². The molecule has 0 fully saturated rings. The second-order valence-electron chi connectivity index (χ2n) is 17.9. The van der Waals surface area contributed by atoms with Gasteiger partial charge in [-0.2, -0.15) is 34.0 Å². The molecule has 0 aliphatic heterocycles. The van der Waals surface area contributed by atoms with E-state index in [1.54, 1.807) is 55.0 Å². The van der Waals surface area contributed by atoms with Gasteiger partial charge in [-0.3, -0.25) is 28.8 Å². The van der Waals surface area contributed by atoms with Crippen LogP contribution >= 0.6 is 34.0 Å². The van der Waals surface area contributed by atoms with Gasteiger partial charge in [0.1, 0.15) is 18.1 Å². The van der Waals surface area contributed by atoms with Crippen molar-refractivity contribution in [3.63, 3.8) is 0 Å². The number of imidazole rings is 3. The lowest BCUT2D eigenvalue weighted by atomic mass is 9.85. The number of aromatic amines is 3. The predicted molar refractivity (Wildman–Crippen MR) is 293 cm³/mol. The number of thiophene rings is 3. The summed E-state index contributed by atoms with van der Waals surface area (Å²) in [7, 11) is 0. The number of H-pyrrole nitrogens is 3. The van der Waals surface area contributed by atoms with Gasteiger partial charge in [-0.25, -0.2) is 15.0 Å². The zero-order chi connectivity index (χ0) is 52.6. The molecule has 3 aromatic carbocycles. The molecule has 9 aromatic rings. The number of amides is 6. The Morgan fingerprint density at radius 3 is 0.934 bits per heavy atom. The number of benzene rings is 3. The van der Waals surface area contributed by atoms with E-state index < -0.39 is 41.8 Å². The fourth-order valence-corrected chi connectivity index (χ4v) is 10.5. The first kappa shape index (κ1) is 52.1. The predicted octanol–water partition coefficient (Wildman–Crippen LogP) is 6.95. The second-order valence-corrected chi connectivity index (χ2v) is 20.2. The normalized spacial score (nSPS) is 12.3. The Balaban J connectivity index is 0.942. The van der Waals surface area contributed by atoms with Gasteiger partial charge in [0.15, 0.2) is 0 Å². The van der Waals surface area contributed by atoms with Crippen molar-refractivity contribution >= 4 is 86.5 Å². The van der Waals surface area contributed by atoms with Gasteiger partial charge in [0.25, 0.3) is 0 Å². The van der Waals surface area contributed by atoms with Gasteiger partial charge in [-0.15, -0.1) is 0 Å². The van der Waals surface area contributed by atoms with Gasteiger partial charge in [0.2, 0.25) is 35.4 Å². The zero-order valence-electron chi connectivity index (χ0n) is 40.7. The van der Waals surface area contributed by atoms with E-state index in [2.05, 4.69) is 61.8 Å². The summed E-state index contributed by atoms with van der Waals surface area (Å²) in [6.07, 6.45) is 10.4. The summed E-state index contributed by atoms with van der Waals surface area (Å²) in [6, 6.07) is 25.1. The first-order valence-electron chi connectivity index (χ1n) is 24.1. The lowest BCUT2D eigenvalue weighted by Crippen LogP contribution is -2.45. The third kappa shape index (κ3) is 14.7. The molecule has 0 bridgehead atoms. The van der Waals surface area contributed by atoms with E-state index in [4.69, 9.17) is 0 Å². The van der Waals surface area contributed by atoms with Gasteiger partial charge in [-0.05, 0) is 120 Å². The maximum atomic E-state index is 13.9. The Kier molecular flexibility index (Phi) is 17.4. The number of hydrogen-bond donors (Lipinski definition) is 9. The van der Waals surface area contributed by atoms with Crippen LogP contribution in [0.3, 0.4) is 0 Å². The van der Waals surface area contributed by atoms with Crippen LogP contribution in [0, 0.1) is 0 Å². The molecule has 3 atom stereocenters. The van der Waals surface area contributed by atoms with E-state index in [-0.39, 0.29) is 56.2 Å². The lowest BCUT2D eigenvalue weighted by Gasteiger charge is -2.22. The highest BCUT2D eigenvalue weighted by atomic mass is 32.1. The van der Waals surface area contributed by atoms with Crippen LogP contribution in [0.4, 0.5) is 17.1 Å². The SMILES string of the molecule is O=C(Cc1ccsc1)N[C@H](Cc1cnc[nH]1)C(=O)Nc1ccc(C(c2ccc(NC(=O)[C@@H](Cc3cnc[nH]3)NC(=O)Cc3ccsc3)cc2)c2ccc(NC(=O)[C@@H](Cc3cnc[nH]3)NC(=O)Cc3ccsc3)cc2)cc1. The van der Waals surface area contributed by atoms with Crippen LogP contribution in [0.1, 0.15) is 56.4 Å². The molecular weight excluding hydrogens is 1020 g/mol. The highest BCUT2D eigenvalue weighted by molar-refractivity contribution is 7.08. The van der Waals surface area contributed by atoms with Crippen LogP contribution in [0.2, 0.25) is 0 Å². The summed E-state index contributed by atoms with van der Waals surface area (Å²) in [5.74, 6) is -2.48. The van der Waals surface area contributed by atoms with Crippen LogP contribution in [-0.2, 0) is 67.3 Å². The lowest BCUT2D eigenvalue weighted by molar-refractivity contribution is -0.126. The standard InChI is InChI=1S/C55H52N12O6S3/c68-49(19-34-13-16-74-28-34)65-46(22-43-25-56-31-59-43)53(71)62-40-7-1-37(2-8-40)52(38-3-9-41(10-4-38)63-54(72)47(23-44-26-57-32-60-44)66-50(69)20-35-14-17-75-29-35)39-5-11-42(12-6-39)64-55(73)48(24-45-27-58-33-61-45)67-51(70)21-36-15-18-76-30-36/h1-18,25-33,46-48,52H,19-24H2,(H,56,59)(H,57,60)(H,58,61)(H,62,71)(H,63,72)(H,64,73)(H,65,68)(H,66,69)(H,67,70)/t46-,47-,48-/m1/s1. The molecule has 0 aliphatic rings. The van der Waals surface area contributed by atoms with E-state index in [0.29, 0.717) is 34.1 Å². The Morgan fingerprint density at radius 1 is 0.408 bits per heavy atom. The number of nitrogens with one attached hydrogen (secondary N) is 9. The van der Waals surface area contributed by atoms with Gasteiger partial charge in [-0.1, -0.05) is 36.4 Å². The summed E-state index contributed by atoms with van der Waals surface area (Å²) in [4.78, 5) is 102. The van der Waals surface area contributed by atoms with Crippen molar-refractivity contribution in [2.75, 3.05) is 16.0 Å². The number of carbonyl (C=O) groups is 6. The molecule has 9 rings (SSSR count). The Hall–Kier alpha value is -8.79. The minimum Gasteiger partial charge on any atom is -0.348 e. The Bertz CT molecular complexity index is 2920. The first-order valence-corrected chi connectivity index (χ1v) is 26.9. The molecule has 0 unspecified atom stereocenters. The average molecular weight is 1070 g/mol. The van der Waals surface area contributed by atoms with Crippen molar-refractivity contribution in [1.82, 2.24) is 45.9 Å². The summed E-state index contributed by atoms with van der Waals surface area (Å²) in [6.45, 7) is 0. The smallest absolute Gasteiger partial charge is 0.247 e. The molecule has 386 valence electrons. The molecule has 0 saturated carbocycles. The molecule has 6 heterocycles. The number of aromatic nitrogens is 6. The number of rotatable bonds is 24. The number of nitrogens with zero attached hydrogens (tertiary/aromatic N) is 3. The van der Waals surface area contributed by atoms with Crippen molar-refractivity contribution in [2.24, 2.45) is 0 Å². The van der Waals surface area contributed by atoms with Crippen molar-refractivity contribution in [1.29, 1.82) is 0 Å². The van der Waals surface area contributed by atoms with Crippen LogP contribution in [0.25, 0.3) is 0 Å². The third-order valence-corrected chi connectivity index (χ3v) is 14.5. The minimum absolute atomic E-state index is 0.134. The zero-order valence-corrected chi connectivity index (χ0v) is 43.1. The Morgan fingerprint density at radius 2 is 0.697 bits per heavy atom. The Labute approximate surface area is 448 Å². The molecule has 21 heteroatoms. The molecule has 0 aliphatic carbocycles. The third-order valence-electron chi connectivity index (χ3n) is 12.3. The van der Waals surface area contributed by atoms with E-state index in [1.165, 1.54) is 53.0 Å². The molecule has 9 N–H and O–H groups in total. The number of hydrogen-bond acceptors (Lipinski definition) is 12. The number of carbonyl (C=O) groups excluding carboxylic acids is 6. The molecule has 0 radical (unpaired) electrons. The quantitative estimate of drug-likeness (QED) is 0.0283. The fraction of sp³-hybridized carbons (Fsp3) is 0.182. The fourth-order valence-electron chi connectivity index (χ4n) is 8.49. The topological polar surface area (TPSA) is 261 Å². The molecular formula is C55H52N12O6S3. The van der Waals surface area contributed by atoms with Crippen LogP contribution < -0.4 is 31.9 Å². The minimum atomic E-state index is -0.900. The van der Waals surface area contributed by atoms with Crippen molar-refractivity contribution in [3.05, 3.63) is 211 Å². The molecule has 6 amide bonds. The van der Waals surface area contributed by atoms with Crippen LogP contribution in [-0.4, -0.2) is 83.5 Å². The monoisotopic (exact) mass is 1070 g/mol. The van der Waals surface area contributed by atoms with E-state index in [0.717, 1.165) is 33.4 Å². The molecule has 76 heavy (non-hydrogen) atoms. The molecule has 0 saturated heterocycles. The van der Waals surface area contributed by atoms with E-state index in [1.807, 2.05) is 86.9 Å². The summed E-state index contributed by atoms with van der Waals surface area (Å²) in [5, 5.41) is 29.0. The molecule has 0 spiro atoms. The van der Waals surface area contributed by atoms with E-state index >= 15 is 0 Å². The van der Waals surface area contributed by atoms with Crippen molar-refractivity contribution in [3.8, 4) is 0 Å². The highest BCUT2D eigenvalue weighted by Crippen LogP contribution is 2.34. The van der Waals surface area contributed by atoms with Gasteiger partial charge < -0.3 is 46.9 Å². The largest absolute Gasteiger partial charge is 0.348 e. The van der Waals surface area contributed by atoms with Gasteiger partial charge in [0.05, 0.1) is 38.2 Å². The first-order chi connectivity index (χ1) is 37.1. The van der Waals surface area contributed by atoms with Gasteiger partial charge in [0, 0.05) is 77.9 Å². The second kappa shape index (κ2) is 25.4. The summed E-state index contributed by atoms with van der Waals surface area (Å²) >= 11 is 4.48. The molecule has 6 aromatic heterocycles. The average Bonchev–Trinajstić information content (AvgIpc) is 4.28. The van der Waals surface area contributed by atoms with E-state index in [9.17, 15) is 28.8 Å². The summed E-state index contributed by atoms with van der Waals surface area (Å²) < 4.78 is 0. The highest BCUT2D eigenvalue weighted by Gasteiger charge is 2.27. The maximum Gasteiger partial charge on any atom is 0.247 e. The maximum absolute atomic E-state index is 13.9. The van der Waals surface area contributed by atoms with Crippen LogP contribution in [0.15, 0.2) is 161 Å². The van der Waals surface area contributed by atoms with Crippen molar-refractivity contribution < 1.29 is 28.8 Å². The molecule has 18 nitrogen and oxygen atoms in total. The number of anilines is 3. The van der Waals surface area contributed by atoms with Crippen LogP contribution in [0.5, 0.6) is 0 Å².